The van der Waals surface area contributed by atoms with Crippen molar-refractivity contribution in [2.24, 2.45) is 0 Å². The summed E-state index contributed by atoms with van der Waals surface area (Å²) >= 11 is 5.92. The molecule has 1 saturated heterocycles. The van der Waals surface area contributed by atoms with Crippen molar-refractivity contribution in [3.8, 4) is 0 Å². The molecule has 1 aliphatic heterocycles. The van der Waals surface area contributed by atoms with Gasteiger partial charge in [0.1, 0.15) is 11.9 Å². The Morgan fingerprint density at radius 1 is 1.03 bits per heavy atom. The van der Waals surface area contributed by atoms with E-state index in [0.717, 1.165) is 52.6 Å². The van der Waals surface area contributed by atoms with Crippen molar-refractivity contribution in [1.29, 1.82) is 0 Å². The molecule has 1 atom stereocenters. The van der Waals surface area contributed by atoms with Crippen molar-refractivity contribution < 1.29 is 22.4 Å². The molecule has 1 heterocycles. The molecule has 9 heteroatoms. The first-order valence-electron chi connectivity index (χ1n) is 10.8. The summed E-state index contributed by atoms with van der Waals surface area (Å²) in [6.07, 6.45) is 6.31. The molecule has 6 nitrogen and oxygen atoms in total. The quantitative estimate of drug-likeness (QED) is 0.416. The van der Waals surface area contributed by atoms with Crippen LogP contribution in [0.15, 0.2) is 65.1 Å². The maximum atomic E-state index is 13.5. The lowest BCUT2D eigenvalue weighted by atomic mass is 9.97. The molecular weight excluding hydrogens is 467 g/mol. The van der Waals surface area contributed by atoms with Gasteiger partial charge in [0, 0.05) is 11.6 Å². The van der Waals surface area contributed by atoms with Crippen LogP contribution < -0.4 is 4.90 Å². The zero-order valence-corrected chi connectivity index (χ0v) is 19.5. The molecule has 174 valence electrons. The second-order valence-electron chi connectivity index (χ2n) is 8.19. The van der Waals surface area contributed by atoms with E-state index in [2.05, 4.69) is 6.08 Å². The molecule has 2 aromatic carbocycles. The lowest BCUT2D eigenvalue weighted by Gasteiger charge is -2.27. The van der Waals surface area contributed by atoms with Gasteiger partial charge in [-0.1, -0.05) is 23.3 Å². The number of imide groups is 1. The molecule has 1 aliphatic carbocycles. The van der Waals surface area contributed by atoms with Crippen LogP contribution in [0.2, 0.25) is 5.02 Å². The van der Waals surface area contributed by atoms with Gasteiger partial charge in [-0.15, -0.1) is 0 Å². The number of carbonyl (C=O) groups excluding carboxylic acids is 2. The van der Waals surface area contributed by atoms with Crippen LogP contribution in [0.3, 0.4) is 0 Å². The highest BCUT2D eigenvalue weighted by Gasteiger charge is 2.46. The molecule has 0 saturated carbocycles. The minimum Gasteiger partial charge on any atom is -0.274 e. The van der Waals surface area contributed by atoms with E-state index in [4.69, 9.17) is 11.6 Å². The van der Waals surface area contributed by atoms with E-state index in [0.29, 0.717) is 17.1 Å². The minimum absolute atomic E-state index is 0.0592. The number of sulfonamides is 1. The lowest BCUT2D eigenvalue weighted by molar-refractivity contribution is -0.122. The summed E-state index contributed by atoms with van der Waals surface area (Å²) in [5, 5.41) is 0.454. The number of anilines is 1. The first-order chi connectivity index (χ1) is 15.8. The molecule has 2 aliphatic rings. The normalized spacial score (nSPS) is 19.3. The van der Waals surface area contributed by atoms with Crippen molar-refractivity contribution in [3.63, 3.8) is 0 Å². The SMILES string of the molecule is O=C1CC(N(CCC2=CCCCC2)S(=O)(=O)c2ccc(F)cc2)C(=O)N1c1ccc(Cl)cc1. The average Bonchev–Trinajstić information content (AvgIpc) is 3.09. The Labute approximate surface area is 197 Å². The van der Waals surface area contributed by atoms with E-state index in [9.17, 15) is 22.4 Å². The first-order valence-corrected chi connectivity index (χ1v) is 12.7. The van der Waals surface area contributed by atoms with Crippen LogP contribution in [0.25, 0.3) is 0 Å². The standard InChI is InChI=1S/C24H24ClFN2O4S/c25-18-6-10-20(11-7-18)28-23(29)16-22(24(28)30)27(15-14-17-4-2-1-3-5-17)33(31,32)21-12-8-19(26)9-13-21/h4,6-13,22H,1-3,5,14-16H2. The molecule has 0 aromatic heterocycles. The van der Waals surface area contributed by atoms with Crippen LogP contribution in [0, 0.1) is 5.82 Å². The van der Waals surface area contributed by atoms with Crippen LogP contribution in [-0.4, -0.2) is 37.1 Å². The summed E-state index contributed by atoms with van der Waals surface area (Å²) in [5.74, 6) is -1.65. The van der Waals surface area contributed by atoms with Crippen molar-refractivity contribution in [1.82, 2.24) is 4.31 Å². The zero-order chi connectivity index (χ0) is 23.6. The molecule has 0 N–H and O–H groups in total. The molecule has 33 heavy (non-hydrogen) atoms. The van der Waals surface area contributed by atoms with E-state index >= 15 is 0 Å². The van der Waals surface area contributed by atoms with Crippen LogP contribution in [0.5, 0.6) is 0 Å². The van der Waals surface area contributed by atoms with Gasteiger partial charge in [-0.25, -0.2) is 17.7 Å². The Kier molecular flexibility index (Phi) is 6.97. The van der Waals surface area contributed by atoms with Crippen molar-refractivity contribution >= 4 is 39.1 Å². The van der Waals surface area contributed by atoms with E-state index in [1.807, 2.05) is 0 Å². The topological polar surface area (TPSA) is 74.8 Å². The average molecular weight is 491 g/mol. The zero-order valence-electron chi connectivity index (χ0n) is 17.9. The molecule has 1 unspecified atom stereocenters. The summed E-state index contributed by atoms with van der Waals surface area (Å²) in [5.41, 5.74) is 1.48. The third kappa shape index (κ3) is 5.03. The minimum atomic E-state index is -4.15. The molecular formula is C24H24ClFN2O4S. The van der Waals surface area contributed by atoms with Gasteiger partial charge in [0.2, 0.25) is 15.9 Å². The fourth-order valence-corrected chi connectivity index (χ4v) is 5.98. The summed E-state index contributed by atoms with van der Waals surface area (Å²) in [7, 11) is -4.15. The fraction of sp³-hybridized carbons (Fsp3) is 0.333. The maximum absolute atomic E-state index is 13.5. The van der Waals surface area contributed by atoms with Gasteiger partial charge in [0.15, 0.2) is 0 Å². The highest BCUT2D eigenvalue weighted by molar-refractivity contribution is 7.89. The van der Waals surface area contributed by atoms with E-state index in [-0.39, 0.29) is 17.9 Å². The number of amides is 2. The van der Waals surface area contributed by atoms with Crippen molar-refractivity contribution in [2.45, 2.75) is 49.5 Å². The number of benzene rings is 2. The number of rotatable bonds is 7. The van der Waals surface area contributed by atoms with Gasteiger partial charge in [-0.2, -0.15) is 4.31 Å². The van der Waals surface area contributed by atoms with Gasteiger partial charge in [0.25, 0.3) is 5.91 Å². The predicted molar refractivity (Wildman–Crippen MR) is 124 cm³/mol. The second kappa shape index (κ2) is 9.75. The molecule has 1 fully saturated rings. The lowest BCUT2D eigenvalue weighted by Crippen LogP contribution is -2.46. The molecule has 2 amide bonds. The molecule has 4 rings (SSSR count). The van der Waals surface area contributed by atoms with Gasteiger partial charge < -0.3 is 0 Å². The van der Waals surface area contributed by atoms with Gasteiger partial charge in [-0.3, -0.25) is 9.59 Å². The van der Waals surface area contributed by atoms with E-state index in [1.165, 1.54) is 12.1 Å². The number of hydrogen-bond donors (Lipinski definition) is 0. The Morgan fingerprint density at radius 2 is 1.73 bits per heavy atom. The molecule has 0 radical (unpaired) electrons. The highest BCUT2D eigenvalue weighted by Crippen LogP contribution is 2.31. The van der Waals surface area contributed by atoms with Gasteiger partial charge in [0.05, 0.1) is 17.0 Å². The van der Waals surface area contributed by atoms with Crippen molar-refractivity contribution in [3.05, 3.63) is 71.0 Å². The number of hydrogen-bond acceptors (Lipinski definition) is 4. The fourth-order valence-electron chi connectivity index (χ4n) is 4.27. The summed E-state index contributed by atoms with van der Waals surface area (Å²) < 4.78 is 41.6. The third-order valence-corrected chi connectivity index (χ3v) is 8.19. The van der Waals surface area contributed by atoms with Crippen LogP contribution >= 0.6 is 11.6 Å². The number of allylic oxidation sites excluding steroid dienone is 1. The maximum Gasteiger partial charge on any atom is 0.252 e. The Balaban J connectivity index is 1.67. The van der Waals surface area contributed by atoms with Crippen LogP contribution in [0.1, 0.15) is 38.5 Å². The van der Waals surface area contributed by atoms with Gasteiger partial charge >= 0.3 is 0 Å². The molecule has 2 aromatic rings. The summed E-state index contributed by atoms with van der Waals surface area (Å²) in [6.45, 7) is 0.0592. The predicted octanol–water partition coefficient (Wildman–Crippen LogP) is 4.69. The summed E-state index contributed by atoms with van der Waals surface area (Å²) in [6, 6.07) is 9.53. The summed E-state index contributed by atoms with van der Waals surface area (Å²) in [4.78, 5) is 27.0. The van der Waals surface area contributed by atoms with Gasteiger partial charge in [-0.05, 0) is 80.6 Å². The second-order valence-corrected chi connectivity index (χ2v) is 10.5. The van der Waals surface area contributed by atoms with Crippen LogP contribution in [0.4, 0.5) is 10.1 Å². The monoisotopic (exact) mass is 490 g/mol. The Morgan fingerprint density at radius 3 is 2.36 bits per heavy atom. The number of halogens is 2. The van der Waals surface area contributed by atoms with Crippen molar-refractivity contribution in [2.75, 3.05) is 11.4 Å². The van der Waals surface area contributed by atoms with E-state index in [1.54, 1.807) is 24.3 Å². The largest absolute Gasteiger partial charge is 0.274 e. The first kappa shape index (κ1) is 23.6. The van der Waals surface area contributed by atoms with E-state index < -0.39 is 33.7 Å². The Bertz CT molecular complexity index is 1180. The Hall–Kier alpha value is -2.55. The molecule has 0 bridgehead atoms. The number of carbonyl (C=O) groups is 2. The number of nitrogens with zero attached hydrogens (tertiary/aromatic N) is 2. The smallest absolute Gasteiger partial charge is 0.252 e. The molecule has 0 spiro atoms. The third-order valence-electron chi connectivity index (χ3n) is 6.01. The van der Waals surface area contributed by atoms with Crippen LogP contribution in [-0.2, 0) is 19.6 Å². The highest BCUT2D eigenvalue weighted by atomic mass is 35.5.